The van der Waals surface area contributed by atoms with Gasteiger partial charge in [-0.15, -0.1) is 11.8 Å². The molecule has 0 heterocycles. The Labute approximate surface area is 92.0 Å². The van der Waals surface area contributed by atoms with Gasteiger partial charge in [-0.25, -0.2) is 4.79 Å². The van der Waals surface area contributed by atoms with Gasteiger partial charge in [-0.05, 0) is 0 Å². The normalized spacial score (nSPS) is 12.1. The highest BCUT2D eigenvalue weighted by molar-refractivity contribution is 7.99. The molecular weight excluding hydrogens is 222 g/mol. The topological polar surface area (TPSA) is 95.9 Å². The monoisotopic (exact) mass is 237 g/mol. The number of carboxylic acids is 1. The van der Waals surface area contributed by atoms with E-state index in [9.17, 15) is 9.59 Å². The fourth-order valence-corrected chi connectivity index (χ4v) is 1.43. The third-order valence-corrected chi connectivity index (χ3v) is 2.40. The highest BCUT2D eigenvalue weighted by Gasteiger charge is 2.18. The Balaban J connectivity index is 3.67. The van der Waals surface area contributed by atoms with Gasteiger partial charge in [0.05, 0.1) is 19.0 Å². The average Bonchev–Trinajstić information content (AvgIpc) is 2.20. The number of aliphatic carboxylic acids is 1. The lowest BCUT2D eigenvalue weighted by atomic mass is 10.3. The summed E-state index contributed by atoms with van der Waals surface area (Å²) < 4.78 is 4.78. The van der Waals surface area contributed by atoms with Crippen LogP contribution in [0.5, 0.6) is 0 Å². The minimum absolute atomic E-state index is 0.160. The first kappa shape index (κ1) is 14.2. The van der Waals surface area contributed by atoms with Gasteiger partial charge in [0.25, 0.3) is 0 Å². The zero-order chi connectivity index (χ0) is 11.7. The zero-order valence-electron chi connectivity index (χ0n) is 8.43. The largest absolute Gasteiger partial charge is 0.480 e. The summed E-state index contributed by atoms with van der Waals surface area (Å²) >= 11 is 1.34. The van der Waals surface area contributed by atoms with Crippen molar-refractivity contribution in [2.75, 3.05) is 31.8 Å². The first-order valence-electron chi connectivity index (χ1n) is 4.31. The van der Waals surface area contributed by atoms with Crippen LogP contribution in [0.4, 0.5) is 0 Å². The highest BCUT2D eigenvalue weighted by Crippen LogP contribution is 1.98. The van der Waals surface area contributed by atoms with Gasteiger partial charge in [0.15, 0.2) is 0 Å². The molecule has 0 unspecified atom stereocenters. The molecule has 0 fully saturated rings. The lowest BCUT2D eigenvalue weighted by Gasteiger charge is -2.10. The average molecular weight is 237 g/mol. The summed E-state index contributed by atoms with van der Waals surface area (Å²) in [7, 11) is 1.56. The molecule has 0 rings (SSSR count). The fourth-order valence-electron chi connectivity index (χ4n) is 0.729. The first-order valence-corrected chi connectivity index (χ1v) is 5.47. The molecular formula is C8H15NO5S. The van der Waals surface area contributed by atoms with Gasteiger partial charge in [0.1, 0.15) is 6.04 Å². The van der Waals surface area contributed by atoms with Crippen LogP contribution in [0.3, 0.4) is 0 Å². The summed E-state index contributed by atoms with van der Waals surface area (Å²) in [6.07, 6.45) is 0. The third kappa shape index (κ3) is 7.18. The molecule has 15 heavy (non-hydrogen) atoms. The van der Waals surface area contributed by atoms with E-state index in [2.05, 4.69) is 5.32 Å². The van der Waals surface area contributed by atoms with E-state index in [1.165, 1.54) is 11.8 Å². The van der Waals surface area contributed by atoms with Crippen molar-refractivity contribution in [3.8, 4) is 0 Å². The molecule has 0 aromatic heterocycles. The van der Waals surface area contributed by atoms with Crippen molar-refractivity contribution in [1.29, 1.82) is 0 Å². The van der Waals surface area contributed by atoms with Crippen molar-refractivity contribution in [3.05, 3.63) is 0 Å². The number of hydrogen-bond acceptors (Lipinski definition) is 5. The van der Waals surface area contributed by atoms with Gasteiger partial charge in [-0.1, -0.05) is 0 Å². The van der Waals surface area contributed by atoms with Crippen LogP contribution in [0.25, 0.3) is 0 Å². The molecule has 0 radical (unpaired) electrons. The molecule has 0 saturated heterocycles. The summed E-state index contributed by atoms with van der Waals surface area (Å²) in [6, 6.07) is -1.22. The molecule has 7 heteroatoms. The SMILES string of the molecule is COCCSCC(=O)N[C@H](CO)C(=O)O. The lowest BCUT2D eigenvalue weighted by Crippen LogP contribution is -2.44. The van der Waals surface area contributed by atoms with E-state index in [0.717, 1.165) is 0 Å². The molecule has 88 valence electrons. The molecule has 0 saturated carbocycles. The van der Waals surface area contributed by atoms with E-state index >= 15 is 0 Å². The molecule has 6 nitrogen and oxygen atoms in total. The number of methoxy groups -OCH3 is 1. The highest BCUT2D eigenvalue weighted by atomic mass is 32.2. The molecule has 0 aromatic rings. The predicted molar refractivity (Wildman–Crippen MR) is 55.9 cm³/mol. The van der Waals surface area contributed by atoms with Gasteiger partial charge >= 0.3 is 5.97 Å². The Bertz CT molecular complexity index is 211. The van der Waals surface area contributed by atoms with Crippen LogP contribution < -0.4 is 5.32 Å². The van der Waals surface area contributed by atoms with Crippen LogP contribution >= 0.6 is 11.8 Å². The molecule has 0 aliphatic heterocycles. The maximum Gasteiger partial charge on any atom is 0.328 e. The lowest BCUT2D eigenvalue weighted by molar-refractivity contribution is -0.142. The Kier molecular flexibility index (Phi) is 8.06. The van der Waals surface area contributed by atoms with Crippen molar-refractivity contribution in [1.82, 2.24) is 5.32 Å². The van der Waals surface area contributed by atoms with E-state index in [4.69, 9.17) is 14.9 Å². The van der Waals surface area contributed by atoms with Crippen LogP contribution in [-0.4, -0.2) is 60.0 Å². The summed E-state index contributed by atoms with van der Waals surface area (Å²) in [6.45, 7) is -0.0654. The van der Waals surface area contributed by atoms with E-state index in [1.54, 1.807) is 7.11 Å². The molecule has 1 amide bonds. The first-order chi connectivity index (χ1) is 7.11. The fraction of sp³-hybridized carbons (Fsp3) is 0.750. The summed E-state index contributed by atoms with van der Waals surface area (Å²) in [5.74, 6) is -0.821. The number of carboxylic acid groups (broad SMARTS) is 1. The summed E-state index contributed by atoms with van der Waals surface area (Å²) in [5, 5.41) is 19.4. The summed E-state index contributed by atoms with van der Waals surface area (Å²) in [5.41, 5.74) is 0. The molecule has 1 atom stereocenters. The number of thioether (sulfide) groups is 1. The molecule has 0 aliphatic rings. The number of amides is 1. The second-order valence-electron chi connectivity index (χ2n) is 2.69. The second kappa shape index (κ2) is 8.51. The maximum absolute atomic E-state index is 11.1. The van der Waals surface area contributed by atoms with E-state index < -0.39 is 24.5 Å². The van der Waals surface area contributed by atoms with Gasteiger partial charge < -0.3 is 20.3 Å². The van der Waals surface area contributed by atoms with Crippen molar-refractivity contribution < 1.29 is 24.5 Å². The number of ether oxygens (including phenoxy) is 1. The van der Waals surface area contributed by atoms with Crippen LogP contribution in [0.2, 0.25) is 0 Å². The minimum Gasteiger partial charge on any atom is -0.480 e. The van der Waals surface area contributed by atoms with Crippen LogP contribution in [0.15, 0.2) is 0 Å². The molecule has 0 aromatic carbocycles. The summed E-state index contributed by atoms with van der Waals surface area (Å²) in [4.78, 5) is 21.6. The Morgan fingerprint density at radius 2 is 2.20 bits per heavy atom. The van der Waals surface area contributed by atoms with Crippen molar-refractivity contribution >= 4 is 23.6 Å². The maximum atomic E-state index is 11.1. The quantitative estimate of drug-likeness (QED) is 0.465. The number of nitrogens with one attached hydrogen (secondary N) is 1. The number of aliphatic hydroxyl groups excluding tert-OH is 1. The number of hydrogen-bond donors (Lipinski definition) is 3. The number of carbonyl (C=O) groups is 2. The van der Waals surface area contributed by atoms with Crippen LogP contribution in [0.1, 0.15) is 0 Å². The second-order valence-corrected chi connectivity index (χ2v) is 3.79. The standard InChI is InChI=1S/C8H15NO5S/c1-14-2-3-15-5-7(11)9-6(4-10)8(12)13/h6,10H,2-5H2,1H3,(H,9,11)(H,12,13)/t6-/m1/s1. The number of aliphatic hydroxyl groups is 1. The Morgan fingerprint density at radius 3 is 2.67 bits per heavy atom. The van der Waals surface area contributed by atoms with E-state index in [0.29, 0.717) is 12.4 Å². The molecule has 0 bridgehead atoms. The smallest absolute Gasteiger partial charge is 0.328 e. The minimum atomic E-state index is -1.24. The van der Waals surface area contributed by atoms with Crippen molar-refractivity contribution in [2.24, 2.45) is 0 Å². The van der Waals surface area contributed by atoms with Crippen molar-refractivity contribution in [2.45, 2.75) is 6.04 Å². The predicted octanol–water partition coefficient (Wildman–Crippen LogP) is -1.07. The molecule has 3 N–H and O–H groups in total. The van der Waals surface area contributed by atoms with Gasteiger partial charge in [-0.3, -0.25) is 4.79 Å². The van der Waals surface area contributed by atoms with E-state index in [-0.39, 0.29) is 5.75 Å². The Morgan fingerprint density at radius 1 is 1.53 bits per heavy atom. The van der Waals surface area contributed by atoms with E-state index in [1.807, 2.05) is 0 Å². The molecule has 0 spiro atoms. The molecule has 0 aliphatic carbocycles. The third-order valence-electron chi connectivity index (χ3n) is 1.48. The van der Waals surface area contributed by atoms with Crippen molar-refractivity contribution in [3.63, 3.8) is 0 Å². The zero-order valence-corrected chi connectivity index (χ0v) is 9.25. The van der Waals surface area contributed by atoms with Gasteiger partial charge in [-0.2, -0.15) is 0 Å². The van der Waals surface area contributed by atoms with Gasteiger partial charge in [0.2, 0.25) is 5.91 Å². The van der Waals surface area contributed by atoms with Crippen LogP contribution in [0, 0.1) is 0 Å². The van der Waals surface area contributed by atoms with Gasteiger partial charge in [0, 0.05) is 12.9 Å². The number of rotatable bonds is 8. The van der Waals surface area contributed by atoms with Crippen LogP contribution in [-0.2, 0) is 14.3 Å². The number of carbonyl (C=O) groups excluding carboxylic acids is 1. The Hall–Kier alpha value is -0.790.